The molecule has 5 rings (SSSR count). The molecule has 0 aliphatic carbocycles. The van der Waals surface area contributed by atoms with Gasteiger partial charge >= 0.3 is 5.97 Å². The zero-order valence-electron chi connectivity index (χ0n) is 27.9. The molecule has 2 aromatic carbocycles. The van der Waals surface area contributed by atoms with Crippen molar-refractivity contribution in [2.45, 2.75) is 56.2 Å². The largest absolute Gasteiger partial charge is 0.508 e. The van der Waals surface area contributed by atoms with E-state index in [2.05, 4.69) is 15.6 Å². The number of phenolic OH excluding ortho intramolecular Hbond substituents is 1. The number of amides is 1. The van der Waals surface area contributed by atoms with Crippen LogP contribution in [0, 0.1) is 11.8 Å². The number of aliphatic hydroxyl groups is 4. The number of aromatic hydroxyl groups is 1. The van der Waals surface area contributed by atoms with E-state index in [9.17, 15) is 45.0 Å². The van der Waals surface area contributed by atoms with E-state index in [-0.39, 0.29) is 52.0 Å². The van der Waals surface area contributed by atoms with E-state index >= 15 is 0 Å². The molecule has 1 amide bonds. The molecule has 16 heteroatoms. The topological polar surface area (TPSA) is 270 Å². The number of carbonyl (C=O) groups is 2. The Morgan fingerprint density at radius 3 is 2.49 bits per heavy atom. The predicted octanol–water partition coefficient (Wildman–Crippen LogP) is 0.246. The Morgan fingerprint density at radius 1 is 1.14 bits per heavy atom. The number of primary amides is 1. The first-order valence-corrected chi connectivity index (χ1v) is 16.3. The standard InChI is InChI=1S/C35H42N4O12/c1-17(9-11-37-2)20(13-18-10-12-38-15-18)16-39-33(47)35(48)30(43)27(42)29(32(45)46)51-34(35)49-22-7-8-23-24(14-22)50-28(31(36)44)25(26(23)41)19-3-5-21(40)6-4-19/h3-8,10,12,14-15,17,20,27,29-30,33-34,37-40,42-43,47-48H,9,11,13,16H2,1-2H3,(H2,36,44)(H,45,46)/t17-,20-,27+,29-,30-,33+,34+,35-/m0/s1. The van der Waals surface area contributed by atoms with Crippen molar-refractivity contribution in [2.24, 2.45) is 17.6 Å². The number of hydrogen-bond donors (Lipinski definition) is 10. The van der Waals surface area contributed by atoms with Gasteiger partial charge in [0.25, 0.3) is 5.91 Å². The van der Waals surface area contributed by atoms with Crippen molar-refractivity contribution in [3.05, 3.63) is 82.5 Å². The molecular weight excluding hydrogens is 668 g/mol. The number of rotatable bonds is 15. The molecule has 1 fully saturated rings. The van der Waals surface area contributed by atoms with Gasteiger partial charge in [0.05, 0.1) is 10.9 Å². The molecule has 51 heavy (non-hydrogen) atoms. The van der Waals surface area contributed by atoms with Crippen LogP contribution in [0.5, 0.6) is 11.5 Å². The van der Waals surface area contributed by atoms with Gasteiger partial charge in [-0.3, -0.25) is 14.9 Å². The van der Waals surface area contributed by atoms with E-state index in [1.54, 1.807) is 6.20 Å². The summed E-state index contributed by atoms with van der Waals surface area (Å²) in [7, 11) is 1.83. The maximum absolute atomic E-state index is 13.6. The molecule has 0 radical (unpaired) electrons. The molecule has 1 saturated heterocycles. The van der Waals surface area contributed by atoms with E-state index in [1.807, 2.05) is 26.2 Å². The Hall–Kier alpha value is -4.81. The summed E-state index contributed by atoms with van der Waals surface area (Å²) < 4.78 is 17.0. The van der Waals surface area contributed by atoms with Crippen molar-refractivity contribution in [3.63, 3.8) is 0 Å². The van der Waals surface area contributed by atoms with Gasteiger partial charge < -0.3 is 60.6 Å². The molecule has 8 atom stereocenters. The third kappa shape index (κ3) is 7.77. The van der Waals surface area contributed by atoms with Crippen LogP contribution in [0.15, 0.2) is 70.1 Å². The maximum Gasteiger partial charge on any atom is 0.335 e. The molecule has 1 aliphatic rings. The Bertz CT molecular complexity index is 1880. The van der Waals surface area contributed by atoms with Crippen LogP contribution in [0.4, 0.5) is 0 Å². The van der Waals surface area contributed by atoms with Gasteiger partial charge in [-0.05, 0) is 79.7 Å². The summed E-state index contributed by atoms with van der Waals surface area (Å²) in [4.78, 5) is 40.9. The lowest BCUT2D eigenvalue weighted by Gasteiger charge is -2.48. The maximum atomic E-state index is 13.6. The lowest BCUT2D eigenvalue weighted by Crippen LogP contribution is -2.75. The number of nitrogens with one attached hydrogen (secondary N) is 3. The monoisotopic (exact) mass is 710 g/mol. The fraction of sp³-hybridized carbons (Fsp3) is 0.400. The van der Waals surface area contributed by atoms with Crippen molar-refractivity contribution in [1.29, 1.82) is 0 Å². The minimum Gasteiger partial charge on any atom is -0.508 e. The van der Waals surface area contributed by atoms with Gasteiger partial charge in [-0.1, -0.05) is 19.1 Å². The summed E-state index contributed by atoms with van der Waals surface area (Å²) >= 11 is 0. The summed E-state index contributed by atoms with van der Waals surface area (Å²) in [6, 6.07) is 11.0. The van der Waals surface area contributed by atoms with Crippen LogP contribution in [0.25, 0.3) is 22.1 Å². The average Bonchev–Trinajstić information content (AvgIpc) is 3.62. The van der Waals surface area contributed by atoms with Gasteiger partial charge in [-0.15, -0.1) is 0 Å². The Kier molecular flexibility index (Phi) is 11.5. The van der Waals surface area contributed by atoms with Crippen LogP contribution in [-0.2, 0) is 16.0 Å². The second kappa shape index (κ2) is 15.6. The number of carboxylic acids is 1. The first-order chi connectivity index (χ1) is 24.3. The first kappa shape index (κ1) is 37.4. The highest BCUT2D eigenvalue weighted by Gasteiger charge is 2.62. The molecule has 274 valence electrons. The number of nitrogens with two attached hydrogens (primary N) is 1. The number of benzene rings is 2. The van der Waals surface area contributed by atoms with Crippen LogP contribution in [-0.4, -0.2) is 104 Å². The van der Waals surface area contributed by atoms with Crippen LogP contribution < -0.4 is 26.5 Å². The number of phenols is 1. The molecule has 3 heterocycles. The van der Waals surface area contributed by atoms with E-state index in [4.69, 9.17) is 19.6 Å². The predicted molar refractivity (Wildman–Crippen MR) is 182 cm³/mol. The quantitative estimate of drug-likeness (QED) is 0.0741. The molecule has 0 spiro atoms. The Morgan fingerprint density at radius 2 is 1.86 bits per heavy atom. The fourth-order valence-corrected chi connectivity index (χ4v) is 6.25. The summed E-state index contributed by atoms with van der Waals surface area (Å²) in [6.07, 6.45) is -5.67. The van der Waals surface area contributed by atoms with Crippen molar-refractivity contribution in [3.8, 4) is 22.6 Å². The van der Waals surface area contributed by atoms with Gasteiger partial charge in [0, 0.05) is 25.0 Å². The van der Waals surface area contributed by atoms with E-state index in [0.717, 1.165) is 24.6 Å². The molecular formula is C35H42N4O12. The van der Waals surface area contributed by atoms with Crippen LogP contribution in [0.1, 0.15) is 29.5 Å². The highest BCUT2D eigenvalue weighted by molar-refractivity contribution is 5.99. The zero-order valence-corrected chi connectivity index (χ0v) is 27.9. The molecule has 16 nitrogen and oxygen atoms in total. The molecule has 1 aliphatic heterocycles. The number of aromatic amines is 1. The number of aromatic nitrogens is 1. The number of hydrogen-bond acceptors (Lipinski definition) is 13. The summed E-state index contributed by atoms with van der Waals surface area (Å²) in [5.74, 6) is -3.48. The van der Waals surface area contributed by atoms with E-state index in [1.165, 1.54) is 36.4 Å². The molecule has 0 saturated carbocycles. The average molecular weight is 711 g/mol. The van der Waals surface area contributed by atoms with E-state index < -0.39 is 59.5 Å². The second-order valence-corrected chi connectivity index (χ2v) is 12.7. The normalized spacial score (nSPS) is 23.8. The molecule has 2 aromatic heterocycles. The van der Waals surface area contributed by atoms with Gasteiger partial charge in [0.1, 0.15) is 35.5 Å². The third-order valence-corrected chi connectivity index (χ3v) is 9.31. The van der Waals surface area contributed by atoms with Gasteiger partial charge in [-0.25, -0.2) is 4.79 Å². The molecule has 0 bridgehead atoms. The van der Waals surface area contributed by atoms with Crippen LogP contribution in [0.2, 0.25) is 0 Å². The summed E-state index contributed by atoms with van der Waals surface area (Å²) in [5, 5.41) is 70.4. The van der Waals surface area contributed by atoms with Crippen molar-refractivity contribution >= 4 is 22.8 Å². The van der Waals surface area contributed by atoms with E-state index in [0.29, 0.717) is 6.42 Å². The van der Waals surface area contributed by atoms with Crippen molar-refractivity contribution in [2.75, 3.05) is 20.1 Å². The third-order valence-electron chi connectivity index (χ3n) is 9.31. The van der Waals surface area contributed by atoms with Gasteiger partial charge in [0.15, 0.2) is 11.7 Å². The molecule has 4 aromatic rings. The van der Waals surface area contributed by atoms with Crippen molar-refractivity contribution in [1.82, 2.24) is 15.6 Å². The highest BCUT2D eigenvalue weighted by atomic mass is 16.7. The lowest BCUT2D eigenvalue weighted by molar-refractivity contribution is -0.338. The number of aliphatic carboxylic acids is 1. The van der Waals surface area contributed by atoms with Crippen molar-refractivity contribution < 1.29 is 54.1 Å². The number of carbonyl (C=O) groups excluding carboxylic acids is 1. The molecule has 0 unspecified atom stereocenters. The highest BCUT2D eigenvalue weighted by Crippen LogP contribution is 2.36. The number of aliphatic hydroxyl groups excluding tert-OH is 3. The van der Waals surface area contributed by atoms with Crippen LogP contribution in [0.3, 0.4) is 0 Å². The number of ether oxygens (including phenoxy) is 2. The number of carboxylic acid groups (broad SMARTS) is 1. The van der Waals surface area contributed by atoms with Gasteiger partial charge in [0.2, 0.25) is 17.5 Å². The minimum absolute atomic E-state index is 0.0170. The lowest BCUT2D eigenvalue weighted by atomic mass is 9.83. The molecule has 11 N–H and O–H groups in total. The smallest absolute Gasteiger partial charge is 0.335 e. The SMILES string of the molecule is CNCC[C@H](C)[C@H](CN[C@H](O)[C@]1(O)[C@H](Oc2ccc3c(=O)c(-c4ccc(O)cc4)c(C(N)=O)oc3c2)O[C@H](C(=O)O)[C@@H](O)[C@@H]1O)Cc1cc[nH]c1. The summed E-state index contributed by atoms with van der Waals surface area (Å²) in [6.45, 7) is 2.89. The minimum atomic E-state index is -2.85. The van der Waals surface area contributed by atoms with Gasteiger partial charge in [-0.2, -0.15) is 0 Å². The number of H-pyrrole nitrogens is 1. The summed E-state index contributed by atoms with van der Waals surface area (Å²) in [5.41, 5.74) is 2.96. The first-order valence-electron chi connectivity index (χ1n) is 16.3. The fourth-order valence-electron chi connectivity index (χ4n) is 6.25. The number of fused-ring (bicyclic) bond motifs is 1. The Balaban J connectivity index is 1.47. The van der Waals surface area contributed by atoms with Crippen LogP contribution >= 0.6 is 0 Å². The second-order valence-electron chi connectivity index (χ2n) is 12.7. The Labute approximate surface area is 291 Å². The zero-order chi connectivity index (χ0) is 37.0.